The zero-order valence-corrected chi connectivity index (χ0v) is 12.3. The molecule has 1 aliphatic rings. The van der Waals surface area contributed by atoms with Gasteiger partial charge in [0.05, 0.1) is 20.3 Å². The number of aryl methyl sites for hydroxylation is 1. The number of esters is 1. The molecule has 0 saturated carbocycles. The van der Waals surface area contributed by atoms with Crippen LogP contribution in [0.25, 0.3) is 0 Å². The highest BCUT2D eigenvalue weighted by Crippen LogP contribution is 2.10. The number of amides is 1. The second kappa shape index (κ2) is 7.19. The Hall–Kier alpha value is -1.92. The van der Waals surface area contributed by atoms with Crippen molar-refractivity contribution < 1.29 is 19.1 Å². The van der Waals surface area contributed by atoms with Gasteiger partial charge in [0.1, 0.15) is 0 Å². The molecule has 114 valence electrons. The summed E-state index contributed by atoms with van der Waals surface area (Å²) >= 11 is 0. The summed E-state index contributed by atoms with van der Waals surface area (Å²) in [6, 6.07) is 7.61. The number of benzene rings is 1. The van der Waals surface area contributed by atoms with Gasteiger partial charge in [-0.15, -0.1) is 0 Å². The molecule has 0 radical (unpaired) electrons. The van der Waals surface area contributed by atoms with Crippen LogP contribution in [0.4, 0.5) is 5.69 Å². The maximum Gasteiger partial charge on any atom is 0.336 e. The monoisotopic (exact) mass is 292 g/mol. The van der Waals surface area contributed by atoms with E-state index in [0.717, 1.165) is 11.3 Å². The number of hydrogen-bond donors (Lipinski definition) is 1. The molecule has 2 rings (SSSR count). The molecular weight excluding hydrogens is 272 g/mol. The molecule has 1 amide bonds. The van der Waals surface area contributed by atoms with Crippen LogP contribution in [0.3, 0.4) is 0 Å². The van der Waals surface area contributed by atoms with Crippen molar-refractivity contribution in [1.82, 2.24) is 4.90 Å². The summed E-state index contributed by atoms with van der Waals surface area (Å²) in [6.45, 7) is 3.62. The van der Waals surface area contributed by atoms with Crippen molar-refractivity contribution in [2.24, 2.45) is 0 Å². The first-order valence-electron chi connectivity index (χ1n) is 6.87. The van der Waals surface area contributed by atoms with Gasteiger partial charge in [-0.25, -0.2) is 4.79 Å². The normalized spacial score (nSPS) is 19.0. The SMILES string of the molecule is COC(=O)C1CN(CC(=O)Nc2ccc(C)cc2)CCO1. The van der Waals surface area contributed by atoms with Crippen LogP contribution in [-0.4, -0.2) is 56.2 Å². The Morgan fingerprint density at radius 2 is 2.10 bits per heavy atom. The number of carbonyl (C=O) groups excluding carboxylic acids is 2. The molecule has 6 heteroatoms. The van der Waals surface area contributed by atoms with Gasteiger partial charge in [0.15, 0.2) is 6.10 Å². The molecule has 1 atom stereocenters. The number of nitrogens with zero attached hydrogens (tertiary/aromatic N) is 1. The molecule has 1 aliphatic heterocycles. The molecule has 1 saturated heterocycles. The first kappa shape index (κ1) is 15.5. The van der Waals surface area contributed by atoms with Gasteiger partial charge in [-0.3, -0.25) is 9.69 Å². The second-order valence-corrected chi connectivity index (χ2v) is 5.03. The molecule has 0 aromatic heterocycles. The molecular formula is C15H20N2O4. The third kappa shape index (κ3) is 4.54. The molecule has 6 nitrogen and oxygen atoms in total. The van der Waals surface area contributed by atoms with Gasteiger partial charge in [-0.1, -0.05) is 17.7 Å². The number of anilines is 1. The molecule has 1 fully saturated rings. The Kier molecular flexibility index (Phi) is 5.30. The third-order valence-corrected chi connectivity index (χ3v) is 3.32. The molecule has 21 heavy (non-hydrogen) atoms. The smallest absolute Gasteiger partial charge is 0.336 e. The maximum absolute atomic E-state index is 12.0. The third-order valence-electron chi connectivity index (χ3n) is 3.32. The van der Waals surface area contributed by atoms with Crippen LogP contribution in [0, 0.1) is 6.92 Å². The summed E-state index contributed by atoms with van der Waals surface area (Å²) in [5.41, 5.74) is 1.91. The van der Waals surface area contributed by atoms with Crippen LogP contribution in [0.5, 0.6) is 0 Å². The summed E-state index contributed by atoms with van der Waals surface area (Å²) in [5, 5.41) is 2.84. The van der Waals surface area contributed by atoms with E-state index >= 15 is 0 Å². The Bertz CT molecular complexity index is 501. The minimum absolute atomic E-state index is 0.107. The Morgan fingerprint density at radius 1 is 1.38 bits per heavy atom. The van der Waals surface area contributed by atoms with Gasteiger partial charge >= 0.3 is 5.97 Å². The molecule has 1 heterocycles. The second-order valence-electron chi connectivity index (χ2n) is 5.03. The van der Waals surface area contributed by atoms with E-state index < -0.39 is 12.1 Å². The minimum Gasteiger partial charge on any atom is -0.467 e. The lowest BCUT2D eigenvalue weighted by molar-refractivity contribution is -0.160. The van der Waals surface area contributed by atoms with E-state index in [9.17, 15) is 9.59 Å². The zero-order valence-electron chi connectivity index (χ0n) is 12.3. The highest BCUT2D eigenvalue weighted by molar-refractivity contribution is 5.92. The van der Waals surface area contributed by atoms with E-state index in [0.29, 0.717) is 19.7 Å². The molecule has 0 aliphatic carbocycles. The van der Waals surface area contributed by atoms with Crippen LogP contribution >= 0.6 is 0 Å². The fraction of sp³-hybridized carbons (Fsp3) is 0.467. The van der Waals surface area contributed by atoms with E-state index in [1.807, 2.05) is 36.1 Å². The van der Waals surface area contributed by atoms with Crippen molar-refractivity contribution in [3.63, 3.8) is 0 Å². The first-order chi connectivity index (χ1) is 10.1. The van der Waals surface area contributed by atoms with Crippen LogP contribution in [0.15, 0.2) is 24.3 Å². The van der Waals surface area contributed by atoms with Gasteiger partial charge < -0.3 is 14.8 Å². The molecule has 1 aromatic carbocycles. The van der Waals surface area contributed by atoms with Crippen molar-refractivity contribution in [2.45, 2.75) is 13.0 Å². The van der Waals surface area contributed by atoms with Crippen LogP contribution in [0.2, 0.25) is 0 Å². The van der Waals surface area contributed by atoms with Crippen molar-refractivity contribution in [3.05, 3.63) is 29.8 Å². The zero-order chi connectivity index (χ0) is 15.2. The molecule has 1 N–H and O–H groups in total. The molecule has 1 aromatic rings. The predicted molar refractivity (Wildman–Crippen MR) is 78.0 cm³/mol. The number of morpholine rings is 1. The van der Waals surface area contributed by atoms with E-state index in [2.05, 4.69) is 10.1 Å². The molecule has 0 bridgehead atoms. The van der Waals surface area contributed by atoms with Gasteiger partial charge in [-0.05, 0) is 19.1 Å². The number of nitrogens with one attached hydrogen (secondary N) is 1. The van der Waals surface area contributed by atoms with Crippen LogP contribution in [-0.2, 0) is 19.1 Å². The summed E-state index contributed by atoms with van der Waals surface area (Å²) in [6.07, 6.45) is -0.615. The molecule has 1 unspecified atom stereocenters. The minimum atomic E-state index is -0.615. The topological polar surface area (TPSA) is 67.9 Å². The lowest BCUT2D eigenvalue weighted by Gasteiger charge is -2.30. The Labute approximate surface area is 124 Å². The average Bonchev–Trinajstić information content (AvgIpc) is 2.49. The highest BCUT2D eigenvalue weighted by Gasteiger charge is 2.28. The number of ether oxygens (including phenoxy) is 2. The lowest BCUT2D eigenvalue weighted by atomic mass is 10.2. The summed E-state index contributed by atoms with van der Waals surface area (Å²) in [7, 11) is 1.33. The Morgan fingerprint density at radius 3 is 2.76 bits per heavy atom. The highest BCUT2D eigenvalue weighted by atomic mass is 16.6. The number of methoxy groups -OCH3 is 1. The van der Waals surface area contributed by atoms with Crippen molar-refractivity contribution in [2.75, 3.05) is 38.7 Å². The van der Waals surface area contributed by atoms with E-state index in [1.165, 1.54) is 7.11 Å². The number of carbonyl (C=O) groups is 2. The van der Waals surface area contributed by atoms with Gasteiger partial charge in [0, 0.05) is 18.8 Å². The van der Waals surface area contributed by atoms with Gasteiger partial charge in [0.25, 0.3) is 0 Å². The van der Waals surface area contributed by atoms with Gasteiger partial charge in [0.2, 0.25) is 5.91 Å². The van der Waals surface area contributed by atoms with E-state index in [-0.39, 0.29) is 12.5 Å². The Balaban J connectivity index is 1.84. The quantitative estimate of drug-likeness (QED) is 0.832. The van der Waals surface area contributed by atoms with Crippen molar-refractivity contribution in [3.8, 4) is 0 Å². The number of hydrogen-bond acceptors (Lipinski definition) is 5. The van der Waals surface area contributed by atoms with Crippen LogP contribution in [0.1, 0.15) is 5.56 Å². The molecule has 0 spiro atoms. The van der Waals surface area contributed by atoms with Crippen molar-refractivity contribution >= 4 is 17.6 Å². The fourth-order valence-electron chi connectivity index (χ4n) is 2.16. The standard InChI is InChI=1S/C15H20N2O4/c1-11-3-5-12(6-4-11)16-14(18)10-17-7-8-21-13(9-17)15(19)20-2/h3-6,13H,7-10H2,1-2H3,(H,16,18). The van der Waals surface area contributed by atoms with E-state index in [1.54, 1.807) is 0 Å². The van der Waals surface area contributed by atoms with Gasteiger partial charge in [-0.2, -0.15) is 0 Å². The largest absolute Gasteiger partial charge is 0.467 e. The summed E-state index contributed by atoms with van der Waals surface area (Å²) in [4.78, 5) is 25.3. The van der Waals surface area contributed by atoms with E-state index in [4.69, 9.17) is 4.74 Å². The van der Waals surface area contributed by atoms with Crippen LogP contribution < -0.4 is 5.32 Å². The predicted octanol–water partition coefficient (Wildman–Crippen LogP) is 0.807. The lowest BCUT2D eigenvalue weighted by Crippen LogP contribution is -2.48. The fourth-order valence-corrected chi connectivity index (χ4v) is 2.16. The number of rotatable bonds is 4. The summed E-state index contributed by atoms with van der Waals surface area (Å²) in [5.74, 6) is -0.511. The van der Waals surface area contributed by atoms with Crippen molar-refractivity contribution in [1.29, 1.82) is 0 Å². The maximum atomic E-state index is 12.0. The summed E-state index contributed by atoms with van der Waals surface area (Å²) < 4.78 is 9.98. The average molecular weight is 292 g/mol. The first-order valence-corrected chi connectivity index (χ1v) is 6.87.